The van der Waals surface area contributed by atoms with Crippen LogP contribution in [0.5, 0.6) is 0 Å². The molecule has 0 radical (unpaired) electrons. The van der Waals surface area contributed by atoms with Crippen molar-refractivity contribution in [3.8, 4) is 0 Å². The van der Waals surface area contributed by atoms with Crippen molar-refractivity contribution in [2.45, 2.75) is 26.4 Å². The zero-order valence-corrected chi connectivity index (χ0v) is 13.9. The molecule has 0 spiro atoms. The highest BCUT2D eigenvalue weighted by Crippen LogP contribution is 2.66. The quantitative estimate of drug-likeness (QED) is 0.571. The van der Waals surface area contributed by atoms with Gasteiger partial charge in [0, 0.05) is 18.1 Å². The molecule has 1 aromatic carbocycles. The van der Waals surface area contributed by atoms with Crippen LogP contribution in [0.25, 0.3) is 0 Å². The summed E-state index contributed by atoms with van der Waals surface area (Å²) in [6.07, 6.45) is 0.415. The van der Waals surface area contributed by atoms with E-state index in [1.54, 1.807) is 0 Å². The van der Waals surface area contributed by atoms with Gasteiger partial charge < -0.3 is 14.4 Å². The molecule has 0 unspecified atom stereocenters. The molecule has 0 bridgehead atoms. The monoisotopic (exact) mass is 349 g/mol. The van der Waals surface area contributed by atoms with Gasteiger partial charge in [-0.15, -0.1) is 0 Å². The van der Waals surface area contributed by atoms with Crippen LogP contribution in [-0.2, 0) is 24.1 Å². The van der Waals surface area contributed by atoms with Crippen molar-refractivity contribution in [2.24, 2.45) is 0 Å². The number of hydrogen-bond donors (Lipinski definition) is 1. The van der Waals surface area contributed by atoms with Gasteiger partial charge >= 0.3 is 13.3 Å². The molecule has 1 aromatic rings. The summed E-state index contributed by atoms with van der Waals surface area (Å²) >= 11 is 0. The average molecular weight is 349 g/mol. The van der Waals surface area contributed by atoms with Crippen molar-refractivity contribution in [3.05, 3.63) is 29.3 Å². The highest BCUT2D eigenvalue weighted by atomic mass is 31.2. The molecule has 0 aliphatic heterocycles. The number of benzene rings is 1. The molecule has 0 saturated heterocycles. The molecule has 9 heteroatoms. The van der Waals surface area contributed by atoms with Gasteiger partial charge in [-0.25, -0.2) is 0 Å². The molecular weight excluding hydrogens is 331 g/mol. The zero-order chi connectivity index (χ0) is 17.7. The number of rotatable bonds is 8. The van der Waals surface area contributed by atoms with Crippen molar-refractivity contribution in [1.29, 1.82) is 0 Å². The maximum absolute atomic E-state index is 14.6. The zero-order valence-electron chi connectivity index (χ0n) is 13.0. The average Bonchev–Trinajstić information content (AvgIpc) is 2.46. The van der Waals surface area contributed by atoms with Crippen molar-refractivity contribution < 1.29 is 32.0 Å². The summed E-state index contributed by atoms with van der Waals surface area (Å²) in [6, 6.07) is 2.93. The van der Waals surface area contributed by atoms with Crippen molar-refractivity contribution in [3.63, 3.8) is 0 Å². The van der Waals surface area contributed by atoms with Gasteiger partial charge in [0.1, 0.15) is 0 Å². The summed E-state index contributed by atoms with van der Waals surface area (Å²) < 4.78 is 51.0. The second kappa shape index (κ2) is 7.77. The summed E-state index contributed by atoms with van der Waals surface area (Å²) in [5.74, 6) is -0.536. The van der Waals surface area contributed by atoms with E-state index in [1.165, 1.54) is 20.8 Å². The number of alkyl halides is 2. The number of halogens is 2. The standard InChI is InChI=1S/C14H18F2NO5P/c1-4-21-23(20,22-5-2)14(15,16)12-7-6-11(9-18)13(8-12)17-10(3)19/h6-9H,4-5H2,1-3H3,(H,17,19). The SMILES string of the molecule is CCOP(=O)(OCC)C(F)(F)c1ccc(C=O)c(NC(C)=O)c1. The number of carbonyl (C=O) groups excluding carboxylic acids is 2. The van der Waals surface area contributed by atoms with Gasteiger partial charge in [-0.3, -0.25) is 14.2 Å². The Morgan fingerprint density at radius 2 is 1.87 bits per heavy atom. The molecule has 0 aliphatic carbocycles. The fourth-order valence-electron chi connectivity index (χ4n) is 1.84. The third-order valence-electron chi connectivity index (χ3n) is 2.78. The minimum Gasteiger partial charge on any atom is -0.326 e. The molecule has 6 nitrogen and oxygen atoms in total. The third-order valence-corrected chi connectivity index (χ3v) is 4.92. The fourth-order valence-corrected chi connectivity index (χ4v) is 3.38. The molecule has 128 valence electrons. The molecule has 1 rings (SSSR count). The largest absolute Gasteiger partial charge is 0.404 e. The molecule has 0 aromatic heterocycles. The predicted octanol–water partition coefficient (Wildman–Crippen LogP) is 3.77. The first-order chi connectivity index (χ1) is 10.7. The lowest BCUT2D eigenvalue weighted by Crippen LogP contribution is -2.19. The normalized spacial score (nSPS) is 12.0. The molecule has 0 fully saturated rings. The van der Waals surface area contributed by atoms with E-state index in [0.717, 1.165) is 18.2 Å². The Labute approximate surface area is 132 Å². The molecule has 23 heavy (non-hydrogen) atoms. The maximum Gasteiger partial charge on any atom is 0.404 e. The first-order valence-electron chi connectivity index (χ1n) is 6.86. The van der Waals surface area contributed by atoms with Crippen molar-refractivity contribution in [2.75, 3.05) is 18.5 Å². The molecule has 0 atom stereocenters. The Kier molecular flexibility index (Phi) is 6.56. The minimum absolute atomic E-state index is 0.0161. The summed E-state index contributed by atoms with van der Waals surface area (Å²) in [6.45, 7) is 3.56. The number of nitrogens with one attached hydrogen (secondary N) is 1. The van der Waals surface area contributed by atoms with E-state index in [0.29, 0.717) is 6.29 Å². The number of hydrogen-bond acceptors (Lipinski definition) is 5. The van der Waals surface area contributed by atoms with Gasteiger partial charge in [-0.1, -0.05) is 6.07 Å². The van der Waals surface area contributed by atoms with Gasteiger partial charge in [0.15, 0.2) is 6.29 Å². The first kappa shape index (κ1) is 19.4. The van der Waals surface area contributed by atoms with Crippen LogP contribution < -0.4 is 5.32 Å². The van der Waals surface area contributed by atoms with Crippen LogP contribution in [-0.4, -0.2) is 25.4 Å². The smallest absolute Gasteiger partial charge is 0.326 e. The molecule has 0 heterocycles. The second-order valence-electron chi connectivity index (χ2n) is 4.48. The van der Waals surface area contributed by atoms with E-state index in [1.807, 2.05) is 0 Å². The Morgan fingerprint density at radius 1 is 1.30 bits per heavy atom. The van der Waals surface area contributed by atoms with E-state index in [-0.39, 0.29) is 24.5 Å². The topological polar surface area (TPSA) is 81.7 Å². The van der Waals surface area contributed by atoms with Crippen LogP contribution in [0.15, 0.2) is 18.2 Å². The summed E-state index contributed by atoms with van der Waals surface area (Å²) in [5.41, 5.74) is -4.71. The van der Waals surface area contributed by atoms with Crippen molar-refractivity contribution >= 4 is 25.5 Å². The summed E-state index contributed by atoms with van der Waals surface area (Å²) in [7, 11) is -4.76. The van der Waals surface area contributed by atoms with Crippen LogP contribution in [0.1, 0.15) is 36.7 Å². The Balaban J connectivity index is 3.38. The molecule has 1 N–H and O–H groups in total. The third kappa shape index (κ3) is 4.22. The van der Waals surface area contributed by atoms with Crippen LogP contribution >= 0.6 is 7.60 Å². The Morgan fingerprint density at radius 3 is 2.30 bits per heavy atom. The Hall–Kier alpha value is -1.63. The van der Waals surface area contributed by atoms with E-state index in [4.69, 9.17) is 9.05 Å². The molecule has 0 saturated carbocycles. The van der Waals surface area contributed by atoms with Gasteiger partial charge in [-0.05, 0) is 26.0 Å². The Bertz CT molecular complexity index is 626. The highest BCUT2D eigenvalue weighted by Gasteiger charge is 2.54. The lowest BCUT2D eigenvalue weighted by molar-refractivity contribution is -0.114. The van der Waals surface area contributed by atoms with E-state index < -0.39 is 24.7 Å². The second-order valence-corrected chi connectivity index (χ2v) is 6.55. The van der Waals surface area contributed by atoms with Gasteiger partial charge in [0.2, 0.25) is 5.91 Å². The summed E-state index contributed by atoms with van der Waals surface area (Å²) in [5, 5.41) is 2.28. The van der Waals surface area contributed by atoms with Crippen LogP contribution in [0, 0.1) is 0 Å². The molecule has 1 amide bonds. The predicted molar refractivity (Wildman–Crippen MR) is 80.9 cm³/mol. The lowest BCUT2D eigenvalue weighted by Gasteiger charge is -2.26. The number of anilines is 1. The van der Waals surface area contributed by atoms with E-state index >= 15 is 0 Å². The van der Waals surface area contributed by atoms with Gasteiger partial charge in [0.25, 0.3) is 0 Å². The van der Waals surface area contributed by atoms with E-state index in [9.17, 15) is 22.9 Å². The van der Waals surface area contributed by atoms with Gasteiger partial charge in [0.05, 0.1) is 18.9 Å². The van der Waals surface area contributed by atoms with E-state index in [2.05, 4.69) is 5.32 Å². The van der Waals surface area contributed by atoms with Crippen molar-refractivity contribution in [1.82, 2.24) is 0 Å². The first-order valence-corrected chi connectivity index (χ1v) is 8.40. The number of carbonyl (C=O) groups is 2. The van der Waals surface area contributed by atoms with Crippen LogP contribution in [0.4, 0.5) is 14.5 Å². The summed E-state index contributed by atoms with van der Waals surface area (Å²) in [4.78, 5) is 22.1. The number of aldehydes is 1. The fraction of sp³-hybridized carbons (Fsp3) is 0.429. The minimum atomic E-state index is -4.76. The molecule has 0 aliphatic rings. The highest BCUT2D eigenvalue weighted by molar-refractivity contribution is 7.54. The molecular formula is C14H18F2NO5P. The van der Waals surface area contributed by atoms with Crippen LogP contribution in [0.3, 0.4) is 0 Å². The van der Waals surface area contributed by atoms with Crippen LogP contribution in [0.2, 0.25) is 0 Å². The maximum atomic E-state index is 14.6. The number of amides is 1. The lowest BCUT2D eigenvalue weighted by atomic mass is 10.1. The van der Waals surface area contributed by atoms with Gasteiger partial charge in [-0.2, -0.15) is 8.78 Å².